The van der Waals surface area contributed by atoms with Crippen molar-refractivity contribution < 1.29 is 4.74 Å². The molecule has 0 saturated carbocycles. The van der Waals surface area contributed by atoms with Gasteiger partial charge in [-0.05, 0) is 20.8 Å². The maximum atomic E-state index is 5.62. The Morgan fingerprint density at radius 3 is 2.89 bits per heavy atom. The molecule has 0 atom stereocenters. The molecule has 2 heterocycles. The molecule has 2 rings (SSSR count). The Morgan fingerprint density at radius 1 is 1.39 bits per heavy atom. The number of hydrogen-bond donors (Lipinski definition) is 1. The molecular weight excluding hydrogens is 230 g/mol. The zero-order chi connectivity index (χ0) is 13.0. The van der Waals surface area contributed by atoms with E-state index in [1.807, 2.05) is 17.8 Å². The molecule has 0 bridgehead atoms. The highest BCUT2D eigenvalue weighted by molar-refractivity contribution is 5.38. The van der Waals surface area contributed by atoms with E-state index in [1.54, 1.807) is 12.3 Å². The van der Waals surface area contributed by atoms with Crippen LogP contribution in [0.25, 0.3) is 0 Å². The Kier molecular flexibility index (Phi) is 3.76. The van der Waals surface area contributed by atoms with Gasteiger partial charge in [-0.2, -0.15) is 5.10 Å². The predicted octanol–water partition coefficient (Wildman–Crippen LogP) is 2.48. The summed E-state index contributed by atoms with van der Waals surface area (Å²) in [7, 11) is 0. The second kappa shape index (κ2) is 5.48. The summed E-state index contributed by atoms with van der Waals surface area (Å²) in [4.78, 5) is 8.14. The van der Waals surface area contributed by atoms with Gasteiger partial charge in [-0.15, -0.1) is 0 Å². The molecule has 0 aliphatic rings. The molecule has 6 heteroatoms. The van der Waals surface area contributed by atoms with Crippen LogP contribution in [0.4, 0.5) is 5.82 Å². The number of ether oxygens (including phenoxy) is 1. The van der Waals surface area contributed by atoms with Crippen molar-refractivity contribution in [3.63, 3.8) is 0 Å². The smallest absolute Gasteiger partial charge is 0.224 e. The minimum Gasteiger partial charge on any atom is -0.436 e. The number of anilines is 1. The Hall–Kier alpha value is -2.11. The van der Waals surface area contributed by atoms with Crippen molar-refractivity contribution in [2.75, 3.05) is 11.9 Å². The lowest BCUT2D eigenvalue weighted by Crippen LogP contribution is -2.00. The molecule has 18 heavy (non-hydrogen) atoms. The summed E-state index contributed by atoms with van der Waals surface area (Å²) in [6.07, 6.45) is 4.99. The first-order chi connectivity index (χ1) is 8.69. The third-order valence-electron chi connectivity index (χ3n) is 2.33. The summed E-state index contributed by atoms with van der Waals surface area (Å²) < 4.78 is 7.46. The lowest BCUT2D eigenvalue weighted by atomic mass is 10.4. The van der Waals surface area contributed by atoms with Crippen molar-refractivity contribution in [1.29, 1.82) is 0 Å². The van der Waals surface area contributed by atoms with Gasteiger partial charge in [0.1, 0.15) is 12.1 Å². The fourth-order valence-electron chi connectivity index (χ4n) is 1.45. The molecule has 0 fully saturated rings. The summed E-state index contributed by atoms with van der Waals surface area (Å²) in [5.41, 5.74) is 0. The molecule has 2 aromatic rings. The van der Waals surface area contributed by atoms with Crippen molar-refractivity contribution in [2.45, 2.75) is 26.8 Å². The van der Waals surface area contributed by atoms with E-state index in [-0.39, 0.29) is 0 Å². The van der Waals surface area contributed by atoms with E-state index in [2.05, 4.69) is 34.2 Å². The third kappa shape index (κ3) is 2.97. The van der Waals surface area contributed by atoms with Crippen LogP contribution in [0.3, 0.4) is 0 Å². The average molecular weight is 247 g/mol. The molecule has 0 aromatic carbocycles. The quantitative estimate of drug-likeness (QED) is 0.879. The molecule has 6 nitrogen and oxygen atoms in total. The second-order valence-electron chi connectivity index (χ2n) is 4.12. The van der Waals surface area contributed by atoms with Gasteiger partial charge < -0.3 is 10.1 Å². The SMILES string of the molecule is CCNc1cc(Oc2cnn(C(C)C)c2)ncn1. The van der Waals surface area contributed by atoms with Crippen molar-refractivity contribution in [2.24, 2.45) is 0 Å². The van der Waals surface area contributed by atoms with Gasteiger partial charge in [0, 0.05) is 18.7 Å². The van der Waals surface area contributed by atoms with Crippen LogP contribution in [0.15, 0.2) is 24.8 Å². The first-order valence-electron chi connectivity index (χ1n) is 5.97. The third-order valence-corrected chi connectivity index (χ3v) is 2.33. The van der Waals surface area contributed by atoms with Gasteiger partial charge in [0.15, 0.2) is 5.75 Å². The van der Waals surface area contributed by atoms with Crippen LogP contribution in [-0.2, 0) is 0 Å². The molecule has 2 aromatic heterocycles. The molecule has 0 aliphatic heterocycles. The predicted molar refractivity (Wildman–Crippen MR) is 68.9 cm³/mol. The molecule has 0 radical (unpaired) electrons. The van der Waals surface area contributed by atoms with E-state index in [0.717, 1.165) is 12.4 Å². The standard InChI is InChI=1S/C12H17N5O/c1-4-13-11-5-12(15-8-14-11)18-10-6-16-17(7-10)9(2)3/h5-9H,4H2,1-3H3,(H,13,14,15). The molecule has 0 aliphatic carbocycles. The summed E-state index contributed by atoms with van der Waals surface area (Å²) in [5, 5.41) is 7.31. The van der Waals surface area contributed by atoms with E-state index >= 15 is 0 Å². The minimum atomic E-state index is 0.310. The molecule has 0 unspecified atom stereocenters. The van der Waals surface area contributed by atoms with E-state index < -0.39 is 0 Å². The highest BCUT2D eigenvalue weighted by atomic mass is 16.5. The zero-order valence-electron chi connectivity index (χ0n) is 10.8. The normalized spacial score (nSPS) is 10.7. The molecular formula is C12H17N5O. The monoisotopic (exact) mass is 247 g/mol. The fraction of sp³-hybridized carbons (Fsp3) is 0.417. The van der Waals surface area contributed by atoms with Crippen molar-refractivity contribution >= 4 is 5.82 Å². The average Bonchev–Trinajstić information content (AvgIpc) is 2.78. The Bertz CT molecular complexity index is 509. The van der Waals surface area contributed by atoms with Crippen LogP contribution < -0.4 is 10.1 Å². The van der Waals surface area contributed by atoms with Gasteiger partial charge >= 0.3 is 0 Å². The second-order valence-corrected chi connectivity index (χ2v) is 4.12. The Morgan fingerprint density at radius 2 is 2.22 bits per heavy atom. The van der Waals surface area contributed by atoms with E-state index in [0.29, 0.717) is 17.7 Å². The van der Waals surface area contributed by atoms with E-state index in [1.165, 1.54) is 6.33 Å². The van der Waals surface area contributed by atoms with Crippen molar-refractivity contribution in [1.82, 2.24) is 19.7 Å². The topological polar surface area (TPSA) is 64.9 Å². The molecule has 0 saturated heterocycles. The molecule has 0 amide bonds. The number of hydrogen-bond acceptors (Lipinski definition) is 5. The lowest BCUT2D eigenvalue weighted by molar-refractivity contribution is 0.458. The van der Waals surface area contributed by atoms with E-state index in [4.69, 9.17) is 4.74 Å². The largest absolute Gasteiger partial charge is 0.436 e. The molecule has 0 spiro atoms. The zero-order valence-corrected chi connectivity index (χ0v) is 10.8. The summed E-state index contributed by atoms with van der Waals surface area (Å²) in [6.45, 7) is 6.94. The van der Waals surface area contributed by atoms with Gasteiger partial charge in [-0.1, -0.05) is 0 Å². The van der Waals surface area contributed by atoms with Crippen LogP contribution in [0.5, 0.6) is 11.6 Å². The maximum absolute atomic E-state index is 5.62. The van der Waals surface area contributed by atoms with Crippen molar-refractivity contribution in [3.8, 4) is 11.6 Å². The Labute approximate surface area is 106 Å². The molecule has 1 N–H and O–H groups in total. The highest BCUT2D eigenvalue weighted by Crippen LogP contribution is 2.20. The minimum absolute atomic E-state index is 0.310. The summed E-state index contributed by atoms with van der Waals surface area (Å²) in [6, 6.07) is 2.07. The number of nitrogens with one attached hydrogen (secondary N) is 1. The summed E-state index contributed by atoms with van der Waals surface area (Å²) >= 11 is 0. The van der Waals surface area contributed by atoms with E-state index in [9.17, 15) is 0 Å². The number of rotatable bonds is 5. The van der Waals surface area contributed by atoms with Gasteiger partial charge in [0.25, 0.3) is 0 Å². The van der Waals surface area contributed by atoms with Crippen molar-refractivity contribution in [3.05, 3.63) is 24.8 Å². The lowest BCUT2D eigenvalue weighted by Gasteiger charge is -2.05. The fourth-order valence-corrected chi connectivity index (χ4v) is 1.45. The van der Waals surface area contributed by atoms with Gasteiger partial charge in [-0.25, -0.2) is 9.97 Å². The van der Waals surface area contributed by atoms with Crippen LogP contribution in [0, 0.1) is 0 Å². The van der Waals surface area contributed by atoms with Crippen LogP contribution in [-0.4, -0.2) is 26.3 Å². The number of aromatic nitrogens is 4. The van der Waals surface area contributed by atoms with Crippen LogP contribution in [0.1, 0.15) is 26.8 Å². The first-order valence-corrected chi connectivity index (χ1v) is 5.97. The van der Waals surface area contributed by atoms with Crippen LogP contribution in [0.2, 0.25) is 0 Å². The van der Waals surface area contributed by atoms with Gasteiger partial charge in [0.05, 0.1) is 12.4 Å². The van der Waals surface area contributed by atoms with Gasteiger partial charge in [0.2, 0.25) is 5.88 Å². The summed E-state index contributed by atoms with van der Waals surface area (Å²) in [5.74, 6) is 1.92. The Balaban J connectivity index is 2.10. The number of nitrogens with zero attached hydrogens (tertiary/aromatic N) is 4. The maximum Gasteiger partial charge on any atom is 0.224 e. The van der Waals surface area contributed by atoms with Gasteiger partial charge in [-0.3, -0.25) is 4.68 Å². The molecule has 96 valence electrons. The first kappa shape index (κ1) is 12.3. The highest BCUT2D eigenvalue weighted by Gasteiger charge is 2.05. The van der Waals surface area contributed by atoms with Crippen LogP contribution >= 0.6 is 0 Å².